The molecule has 1 heteroatoms. The van der Waals surface area contributed by atoms with Crippen molar-refractivity contribution in [2.24, 2.45) is 11.8 Å². The Morgan fingerprint density at radius 3 is 2.10 bits per heavy atom. The van der Waals surface area contributed by atoms with Crippen LogP contribution in [0.2, 0.25) is 0 Å². The lowest BCUT2D eigenvalue weighted by Crippen LogP contribution is -2.29. The van der Waals surface area contributed by atoms with Crippen molar-refractivity contribution >= 4 is 0 Å². The monoisotopic (exact) mass is 138 g/mol. The molecule has 1 saturated heterocycles. The summed E-state index contributed by atoms with van der Waals surface area (Å²) in [6.45, 7) is 2.35. The fraction of sp³-hybridized carbons (Fsp3) is 1.00. The van der Waals surface area contributed by atoms with E-state index in [0.29, 0.717) is 0 Å². The summed E-state index contributed by atoms with van der Waals surface area (Å²) in [5, 5.41) is 4.52. The van der Waals surface area contributed by atoms with E-state index in [1.54, 1.807) is 0 Å². The molecule has 10 heavy (non-hydrogen) atoms. The van der Waals surface area contributed by atoms with Crippen LogP contribution in [0.1, 0.15) is 32.1 Å². The number of hydrogen-bond acceptors (Lipinski definition) is 0. The summed E-state index contributed by atoms with van der Waals surface area (Å²) >= 11 is 0. The summed E-state index contributed by atoms with van der Waals surface area (Å²) in [6.07, 6.45) is 7.34. The second kappa shape index (κ2) is 2.91. The summed E-state index contributed by atoms with van der Waals surface area (Å²) in [6, 6.07) is 0. The van der Waals surface area contributed by atoms with Gasteiger partial charge in [0.05, 0.1) is 0 Å². The Labute approximate surface area is 63.2 Å². The van der Waals surface area contributed by atoms with Crippen molar-refractivity contribution in [1.29, 1.82) is 0 Å². The van der Waals surface area contributed by atoms with Gasteiger partial charge >= 0.3 is 0 Å². The summed E-state index contributed by atoms with van der Waals surface area (Å²) in [4.78, 5) is 0. The molecule has 2 atom stereocenters. The summed E-state index contributed by atoms with van der Waals surface area (Å²) < 4.78 is 0. The van der Waals surface area contributed by atoms with E-state index >= 15 is 0 Å². The highest BCUT2D eigenvalue weighted by Gasteiger charge is 2.24. The predicted octanol–water partition coefficient (Wildman–Crippen LogP) is 1.80. The Balaban J connectivity index is 1.96. The summed E-state index contributed by atoms with van der Waals surface area (Å²) in [5.74, 6) is 1.95. The first-order chi connectivity index (χ1) is 4.95. The Kier molecular flexibility index (Phi) is 1.94. The molecule has 1 nitrogen and oxygen atoms in total. The zero-order valence-electron chi connectivity index (χ0n) is 6.55. The van der Waals surface area contributed by atoms with Gasteiger partial charge in [-0.15, -0.1) is 0 Å². The first-order valence-electron chi connectivity index (χ1n) is 4.58. The molecule has 0 amide bonds. The second-order valence-electron chi connectivity index (χ2n) is 3.84. The quantitative estimate of drug-likeness (QED) is 0.484. The van der Waals surface area contributed by atoms with E-state index < -0.39 is 0 Å². The van der Waals surface area contributed by atoms with Crippen LogP contribution in [0, 0.1) is 11.8 Å². The van der Waals surface area contributed by atoms with Crippen LogP contribution in [-0.2, 0) is 0 Å². The summed E-state index contributed by atoms with van der Waals surface area (Å²) in [5.41, 5.74) is 0. The molecule has 57 valence electrons. The zero-order valence-corrected chi connectivity index (χ0v) is 6.55. The van der Waals surface area contributed by atoms with Crippen LogP contribution in [0.3, 0.4) is 0 Å². The largest absolute Gasteiger partial charge is 0.241 e. The van der Waals surface area contributed by atoms with Gasteiger partial charge in [-0.2, -0.15) is 0 Å². The van der Waals surface area contributed by atoms with E-state index in [4.69, 9.17) is 0 Å². The first kappa shape index (κ1) is 6.66. The standard InChI is InChI=1S/C9H16N/c1-2-4-9-5-8(3-1)6-10-7-9/h8-9H,1-7H2. The number of rotatable bonds is 0. The Morgan fingerprint density at radius 2 is 1.50 bits per heavy atom. The average Bonchev–Trinajstić information content (AvgIpc) is 2.12. The Hall–Kier alpha value is -0.0400. The maximum Gasteiger partial charge on any atom is 0.0161 e. The molecule has 1 heterocycles. The van der Waals surface area contributed by atoms with Gasteiger partial charge in [0.2, 0.25) is 0 Å². The molecule has 1 radical (unpaired) electrons. The van der Waals surface area contributed by atoms with Crippen molar-refractivity contribution in [1.82, 2.24) is 5.32 Å². The van der Waals surface area contributed by atoms with Gasteiger partial charge in [0.15, 0.2) is 0 Å². The molecule has 0 aromatic heterocycles. The van der Waals surface area contributed by atoms with E-state index in [9.17, 15) is 0 Å². The second-order valence-corrected chi connectivity index (χ2v) is 3.84. The average molecular weight is 138 g/mol. The van der Waals surface area contributed by atoms with Crippen molar-refractivity contribution in [3.05, 3.63) is 0 Å². The molecule has 0 N–H and O–H groups in total. The van der Waals surface area contributed by atoms with Crippen molar-refractivity contribution in [2.45, 2.75) is 32.1 Å². The lowest BCUT2D eigenvalue weighted by atomic mass is 9.90. The molecule has 2 bridgehead atoms. The number of nitrogens with zero attached hydrogens (tertiary/aromatic N) is 1. The molecular formula is C9H16N. The van der Waals surface area contributed by atoms with Crippen LogP contribution in [0.15, 0.2) is 0 Å². The molecule has 1 aliphatic heterocycles. The van der Waals surface area contributed by atoms with Gasteiger partial charge in [-0.05, 0) is 31.1 Å². The molecule has 2 rings (SSSR count). The highest BCUT2D eigenvalue weighted by molar-refractivity contribution is 4.78. The highest BCUT2D eigenvalue weighted by Crippen LogP contribution is 2.29. The van der Waals surface area contributed by atoms with Crippen LogP contribution in [0.4, 0.5) is 0 Å². The first-order valence-corrected chi connectivity index (χ1v) is 4.58. The van der Waals surface area contributed by atoms with Gasteiger partial charge < -0.3 is 0 Å². The normalized spacial score (nSPS) is 40.8. The van der Waals surface area contributed by atoms with Gasteiger partial charge in [0.1, 0.15) is 0 Å². The van der Waals surface area contributed by atoms with Gasteiger partial charge in [-0.25, -0.2) is 5.32 Å². The third-order valence-electron chi connectivity index (χ3n) is 2.92. The minimum atomic E-state index is 0.973. The van der Waals surface area contributed by atoms with Crippen LogP contribution >= 0.6 is 0 Å². The van der Waals surface area contributed by atoms with Crippen molar-refractivity contribution < 1.29 is 0 Å². The van der Waals surface area contributed by atoms with E-state index in [1.807, 2.05) is 0 Å². The fourth-order valence-electron chi connectivity index (χ4n) is 2.34. The Bertz CT molecular complexity index is 99.3. The zero-order chi connectivity index (χ0) is 6.81. The highest BCUT2D eigenvalue weighted by atomic mass is 14.9. The number of hydrogen-bond donors (Lipinski definition) is 0. The van der Waals surface area contributed by atoms with E-state index in [1.165, 1.54) is 45.2 Å². The third kappa shape index (κ3) is 1.34. The van der Waals surface area contributed by atoms with Crippen molar-refractivity contribution in [3.8, 4) is 0 Å². The lowest BCUT2D eigenvalue weighted by Gasteiger charge is -2.25. The molecular weight excluding hydrogens is 122 g/mol. The van der Waals surface area contributed by atoms with Gasteiger partial charge in [0, 0.05) is 13.1 Å². The third-order valence-corrected chi connectivity index (χ3v) is 2.92. The molecule has 2 unspecified atom stereocenters. The number of fused-ring (bicyclic) bond motifs is 2. The molecule has 0 aromatic rings. The summed E-state index contributed by atoms with van der Waals surface area (Å²) in [7, 11) is 0. The maximum atomic E-state index is 4.52. The van der Waals surface area contributed by atoms with E-state index in [2.05, 4.69) is 5.32 Å². The Morgan fingerprint density at radius 1 is 0.900 bits per heavy atom. The van der Waals surface area contributed by atoms with Crippen LogP contribution in [-0.4, -0.2) is 13.1 Å². The maximum absolute atomic E-state index is 4.52. The minimum Gasteiger partial charge on any atom is -0.241 e. The van der Waals surface area contributed by atoms with E-state index in [0.717, 1.165) is 11.8 Å². The SMILES string of the molecule is C1CCC2C[N]CC(C1)C2. The van der Waals surface area contributed by atoms with Gasteiger partial charge in [0.25, 0.3) is 0 Å². The number of piperidine rings is 1. The van der Waals surface area contributed by atoms with E-state index in [-0.39, 0.29) is 0 Å². The molecule has 0 spiro atoms. The minimum absolute atomic E-state index is 0.973. The molecule has 1 aliphatic carbocycles. The molecule has 0 aromatic carbocycles. The predicted molar refractivity (Wildman–Crippen MR) is 41.9 cm³/mol. The molecule has 2 fully saturated rings. The fourth-order valence-corrected chi connectivity index (χ4v) is 2.34. The van der Waals surface area contributed by atoms with Gasteiger partial charge in [-0.1, -0.05) is 12.8 Å². The topological polar surface area (TPSA) is 14.1 Å². The lowest BCUT2D eigenvalue weighted by molar-refractivity contribution is 0.286. The smallest absolute Gasteiger partial charge is 0.0161 e. The van der Waals surface area contributed by atoms with Crippen LogP contribution in [0.5, 0.6) is 0 Å². The van der Waals surface area contributed by atoms with Crippen LogP contribution in [0.25, 0.3) is 0 Å². The van der Waals surface area contributed by atoms with Crippen molar-refractivity contribution in [2.75, 3.05) is 13.1 Å². The molecule has 1 saturated carbocycles. The molecule has 2 aliphatic rings. The van der Waals surface area contributed by atoms with Crippen molar-refractivity contribution in [3.63, 3.8) is 0 Å². The van der Waals surface area contributed by atoms with Gasteiger partial charge in [-0.3, -0.25) is 0 Å². The van der Waals surface area contributed by atoms with Crippen LogP contribution < -0.4 is 5.32 Å².